The van der Waals surface area contributed by atoms with Crippen LogP contribution in [0.5, 0.6) is 0 Å². The minimum absolute atomic E-state index is 0.446. The summed E-state index contributed by atoms with van der Waals surface area (Å²) in [4.78, 5) is 0. The molecule has 2 aliphatic carbocycles. The lowest BCUT2D eigenvalue weighted by molar-refractivity contribution is 0.485. The Morgan fingerprint density at radius 2 is 2.00 bits per heavy atom. The zero-order valence-electron chi connectivity index (χ0n) is 7.45. The smallest absolute Gasteiger partial charge is 0.0209 e. The quantitative estimate of drug-likeness (QED) is 0.522. The van der Waals surface area contributed by atoms with Crippen molar-refractivity contribution in [1.29, 1.82) is 0 Å². The molecule has 0 radical (unpaired) electrons. The number of hydrogen-bond donors (Lipinski definition) is 0. The first-order valence-electron chi connectivity index (χ1n) is 4.45. The Bertz CT molecular complexity index is 225. The maximum absolute atomic E-state index is 6.22. The topological polar surface area (TPSA) is 0 Å². The monoisotopic (exact) mass is 170 g/mol. The lowest BCUT2D eigenvalue weighted by atomic mass is 9.97. The minimum atomic E-state index is 0.446. The molecule has 0 bridgehead atoms. The van der Waals surface area contributed by atoms with Crippen LogP contribution in [0.1, 0.15) is 33.6 Å². The summed E-state index contributed by atoms with van der Waals surface area (Å²) in [6.45, 7) is 6.86. The highest BCUT2D eigenvalue weighted by atomic mass is 35.5. The van der Waals surface area contributed by atoms with Crippen molar-refractivity contribution in [2.45, 2.75) is 33.6 Å². The second-order valence-corrected chi connectivity index (χ2v) is 4.92. The average molecular weight is 171 g/mol. The largest absolute Gasteiger partial charge is 0.0889 e. The summed E-state index contributed by atoms with van der Waals surface area (Å²) in [5.41, 5.74) is 2.00. The Morgan fingerprint density at radius 1 is 1.36 bits per heavy atom. The molecule has 2 unspecified atom stereocenters. The van der Waals surface area contributed by atoms with E-state index in [2.05, 4.69) is 20.8 Å². The van der Waals surface area contributed by atoms with Gasteiger partial charge in [0.2, 0.25) is 0 Å². The summed E-state index contributed by atoms with van der Waals surface area (Å²) >= 11 is 6.22. The Kier molecular flexibility index (Phi) is 1.42. The van der Waals surface area contributed by atoms with Crippen LogP contribution in [-0.2, 0) is 0 Å². The zero-order valence-corrected chi connectivity index (χ0v) is 8.20. The molecule has 2 aliphatic rings. The molecule has 0 spiro atoms. The van der Waals surface area contributed by atoms with Gasteiger partial charge in [0.05, 0.1) is 0 Å². The van der Waals surface area contributed by atoms with Gasteiger partial charge < -0.3 is 0 Å². The van der Waals surface area contributed by atoms with Crippen LogP contribution < -0.4 is 0 Å². The van der Waals surface area contributed by atoms with Crippen LogP contribution >= 0.6 is 11.6 Å². The van der Waals surface area contributed by atoms with Gasteiger partial charge in [-0.05, 0) is 35.7 Å². The maximum atomic E-state index is 6.22. The zero-order chi connectivity index (χ0) is 8.22. The van der Waals surface area contributed by atoms with Crippen molar-refractivity contribution in [3.63, 3.8) is 0 Å². The highest BCUT2D eigenvalue weighted by molar-refractivity contribution is 6.30. The standard InChI is InChI=1S/C10H15Cl/c1-6-4-5-7-8(9(6)11)10(7,2)3/h6-7H,4-5H2,1-3H3. The molecular formula is C10H15Cl. The Balaban J connectivity index is 2.35. The highest BCUT2D eigenvalue weighted by Crippen LogP contribution is 2.65. The molecule has 0 heterocycles. The third-order valence-electron chi connectivity index (χ3n) is 3.41. The van der Waals surface area contributed by atoms with Crippen molar-refractivity contribution < 1.29 is 0 Å². The molecule has 1 fully saturated rings. The molecule has 0 aromatic heterocycles. The van der Waals surface area contributed by atoms with Crippen molar-refractivity contribution in [2.24, 2.45) is 17.3 Å². The molecule has 0 amide bonds. The van der Waals surface area contributed by atoms with Gasteiger partial charge in [-0.1, -0.05) is 32.4 Å². The van der Waals surface area contributed by atoms with Gasteiger partial charge >= 0.3 is 0 Å². The molecular weight excluding hydrogens is 156 g/mol. The molecule has 0 aromatic carbocycles. The Labute approximate surface area is 73.6 Å². The lowest BCUT2D eigenvalue weighted by Crippen LogP contribution is -2.00. The highest BCUT2D eigenvalue weighted by Gasteiger charge is 2.55. The van der Waals surface area contributed by atoms with Gasteiger partial charge in [0.25, 0.3) is 0 Å². The van der Waals surface area contributed by atoms with Crippen LogP contribution in [0.4, 0.5) is 0 Å². The van der Waals surface area contributed by atoms with Crippen molar-refractivity contribution in [2.75, 3.05) is 0 Å². The summed E-state index contributed by atoms with van der Waals surface area (Å²) in [6, 6.07) is 0. The molecule has 2 atom stereocenters. The second kappa shape index (κ2) is 2.04. The number of hydrogen-bond acceptors (Lipinski definition) is 0. The van der Waals surface area contributed by atoms with Gasteiger partial charge in [-0.2, -0.15) is 0 Å². The first kappa shape index (κ1) is 7.67. The summed E-state index contributed by atoms with van der Waals surface area (Å²) < 4.78 is 0. The normalized spacial score (nSPS) is 40.4. The van der Waals surface area contributed by atoms with Crippen LogP contribution in [0.3, 0.4) is 0 Å². The second-order valence-electron chi connectivity index (χ2n) is 4.51. The molecule has 0 nitrogen and oxygen atoms in total. The molecule has 0 N–H and O–H groups in total. The molecule has 0 saturated heterocycles. The average Bonchev–Trinajstić information content (AvgIpc) is 2.46. The molecule has 1 saturated carbocycles. The van der Waals surface area contributed by atoms with Crippen molar-refractivity contribution in [3.8, 4) is 0 Å². The predicted octanol–water partition coefficient (Wildman–Crippen LogP) is 3.57. The van der Waals surface area contributed by atoms with Gasteiger partial charge in [0, 0.05) is 5.03 Å². The van der Waals surface area contributed by atoms with Gasteiger partial charge in [-0.3, -0.25) is 0 Å². The summed E-state index contributed by atoms with van der Waals surface area (Å²) in [6.07, 6.45) is 2.65. The third kappa shape index (κ3) is 0.885. The lowest BCUT2D eigenvalue weighted by Gasteiger charge is -2.13. The number of rotatable bonds is 0. The van der Waals surface area contributed by atoms with Gasteiger partial charge in [-0.25, -0.2) is 0 Å². The van der Waals surface area contributed by atoms with E-state index in [-0.39, 0.29) is 0 Å². The van der Waals surface area contributed by atoms with Crippen LogP contribution in [0.25, 0.3) is 0 Å². The third-order valence-corrected chi connectivity index (χ3v) is 3.98. The predicted molar refractivity (Wildman–Crippen MR) is 48.5 cm³/mol. The summed E-state index contributed by atoms with van der Waals surface area (Å²) in [5, 5.41) is 1.17. The van der Waals surface area contributed by atoms with E-state index in [9.17, 15) is 0 Å². The van der Waals surface area contributed by atoms with Crippen LogP contribution in [0, 0.1) is 17.3 Å². The van der Waals surface area contributed by atoms with Gasteiger partial charge in [0.1, 0.15) is 0 Å². The Morgan fingerprint density at radius 3 is 2.55 bits per heavy atom. The number of fused-ring (bicyclic) bond motifs is 1. The molecule has 0 aliphatic heterocycles. The maximum Gasteiger partial charge on any atom is 0.0209 e. The molecule has 0 aromatic rings. The summed E-state index contributed by atoms with van der Waals surface area (Å²) in [7, 11) is 0. The molecule has 1 heteroatoms. The summed E-state index contributed by atoms with van der Waals surface area (Å²) in [5.74, 6) is 1.45. The molecule has 2 rings (SSSR count). The SMILES string of the molecule is CC1CCC2C(=C1Cl)C2(C)C. The van der Waals surface area contributed by atoms with Crippen molar-refractivity contribution >= 4 is 11.6 Å². The van der Waals surface area contributed by atoms with E-state index in [1.54, 1.807) is 5.57 Å². The van der Waals surface area contributed by atoms with Gasteiger partial charge in [0.15, 0.2) is 0 Å². The first-order chi connectivity index (χ1) is 5.05. The van der Waals surface area contributed by atoms with E-state index in [4.69, 9.17) is 11.6 Å². The molecule has 62 valence electrons. The minimum Gasteiger partial charge on any atom is -0.0889 e. The van der Waals surface area contributed by atoms with E-state index in [1.807, 2.05) is 0 Å². The van der Waals surface area contributed by atoms with Crippen LogP contribution in [0.2, 0.25) is 0 Å². The van der Waals surface area contributed by atoms with Crippen LogP contribution in [0.15, 0.2) is 10.6 Å². The van der Waals surface area contributed by atoms with E-state index in [1.165, 1.54) is 17.9 Å². The molecule has 11 heavy (non-hydrogen) atoms. The Hall–Kier alpha value is 0.0300. The van der Waals surface area contributed by atoms with Crippen molar-refractivity contribution in [3.05, 3.63) is 10.6 Å². The van der Waals surface area contributed by atoms with E-state index >= 15 is 0 Å². The van der Waals surface area contributed by atoms with E-state index < -0.39 is 0 Å². The van der Waals surface area contributed by atoms with E-state index in [0.717, 1.165) is 5.92 Å². The fourth-order valence-electron chi connectivity index (χ4n) is 2.43. The number of halogens is 1. The van der Waals surface area contributed by atoms with Crippen molar-refractivity contribution in [1.82, 2.24) is 0 Å². The van der Waals surface area contributed by atoms with Gasteiger partial charge in [-0.15, -0.1) is 0 Å². The van der Waals surface area contributed by atoms with E-state index in [0.29, 0.717) is 11.3 Å². The van der Waals surface area contributed by atoms with Crippen LogP contribution in [-0.4, -0.2) is 0 Å². The fraction of sp³-hybridized carbons (Fsp3) is 0.800. The number of allylic oxidation sites excluding steroid dienone is 2. The first-order valence-corrected chi connectivity index (χ1v) is 4.83. The fourth-order valence-corrected chi connectivity index (χ4v) is 2.91.